The fourth-order valence-electron chi connectivity index (χ4n) is 2.82. The van der Waals surface area contributed by atoms with Crippen LogP contribution in [0.25, 0.3) is 0 Å². The van der Waals surface area contributed by atoms with Crippen LogP contribution in [-0.2, 0) is 28.4 Å². The molecule has 4 rings (SSSR count). The van der Waals surface area contributed by atoms with Crippen LogP contribution in [0.4, 0.5) is 0 Å². The maximum Gasteiger partial charge on any atom is 0.148 e. The first-order valence-corrected chi connectivity index (χ1v) is 8.15. The zero-order valence-corrected chi connectivity index (χ0v) is 13.1. The van der Waals surface area contributed by atoms with Crippen molar-refractivity contribution < 1.29 is 38.6 Å². The summed E-state index contributed by atoms with van der Waals surface area (Å²) in [4.78, 5) is 0. The van der Waals surface area contributed by atoms with E-state index in [0.717, 1.165) is 0 Å². The molecular weight excluding hydrogens is 320 g/mol. The topological polar surface area (TPSA) is 102 Å². The number of aliphatic hydroxyl groups excluding tert-OH is 2. The molecule has 0 unspecified atom stereocenters. The summed E-state index contributed by atoms with van der Waals surface area (Å²) in [6, 6.07) is 0. The average Bonchev–Trinajstić information content (AvgIpc) is 3.47. The van der Waals surface area contributed by atoms with E-state index in [4.69, 9.17) is 28.4 Å². The second-order valence-corrected chi connectivity index (χ2v) is 6.26. The van der Waals surface area contributed by atoms with E-state index in [9.17, 15) is 10.2 Å². The average molecular weight is 342 g/mol. The molecule has 4 aliphatic rings. The van der Waals surface area contributed by atoms with Crippen LogP contribution in [-0.4, -0.2) is 85.8 Å². The predicted molar refractivity (Wildman–Crippen MR) is 79.0 cm³/mol. The molecule has 8 nitrogen and oxygen atoms in total. The smallest absolute Gasteiger partial charge is 0.148 e. The second kappa shape index (κ2) is 7.19. The number of rotatable bonds is 5. The lowest BCUT2D eigenvalue weighted by Crippen LogP contribution is -2.32. The molecule has 8 heteroatoms. The fraction of sp³-hybridized carbons (Fsp3) is 0.750. The molecule has 4 heterocycles. The van der Waals surface area contributed by atoms with Gasteiger partial charge >= 0.3 is 0 Å². The highest BCUT2D eigenvalue weighted by Crippen LogP contribution is 2.24. The minimum atomic E-state index is -0.699. The Morgan fingerprint density at radius 3 is 1.42 bits per heavy atom. The molecule has 2 fully saturated rings. The quantitative estimate of drug-likeness (QED) is 0.490. The standard InChI is InChI=1S/C16H22O8/c17-15(13-5-19-13)11-3-1-9(21-7-23-11)10-2-4-12(24-8-22-10)16(18)14-6-20-14/h1-4,9-18H,5-8H2/t9-,10-,11-,12-,13-,14-,15+,16+/m1/s1. The minimum Gasteiger partial charge on any atom is -0.387 e. The van der Waals surface area contributed by atoms with E-state index < -0.39 is 24.4 Å². The van der Waals surface area contributed by atoms with Gasteiger partial charge in [-0.15, -0.1) is 0 Å². The Morgan fingerprint density at radius 1 is 0.625 bits per heavy atom. The first-order valence-electron chi connectivity index (χ1n) is 8.15. The summed E-state index contributed by atoms with van der Waals surface area (Å²) < 4.78 is 32.5. The van der Waals surface area contributed by atoms with Gasteiger partial charge in [0.05, 0.1) is 13.2 Å². The maximum atomic E-state index is 10.1. The molecule has 2 saturated heterocycles. The van der Waals surface area contributed by atoms with Gasteiger partial charge in [0.2, 0.25) is 0 Å². The normalized spacial score (nSPS) is 44.4. The summed E-state index contributed by atoms with van der Waals surface area (Å²) >= 11 is 0. The summed E-state index contributed by atoms with van der Waals surface area (Å²) in [6.07, 6.45) is 3.81. The van der Waals surface area contributed by atoms with Crippen molar-refractivity contribution in [3.8, 4) is 0 Å². The highest BCUT2D eigenvalue weighted by Gasteiger charge is 2.39. The Morgan fingerprint density at radius 2 is 1.04 bits per heavy atom. The van der Waals surface area contributed by atoms with Crippen LogP contribution < -0.4 is 0 Å². The van der Waals surface area contributed by atoms with Crippen LogP contribution in [0.2, 0.25) is 0 Å². The van der Waals surface area contributed by atoms with Gasteiger partial charge < -0.3 is 38.6 Å². The molecule has 4 aliphatic heterocycles. The zero-order chi connectivity index (χ0) is 16.5. The van der Waals surface area contributed by atoms with Crippen LogP contribution in [0.3, 0.4) is 0 Å². The molecule has 0 bridgehead atoms. The second-order valence-electron chi connectivity index (χ2n) is 6.26. The molecular formula is C16H22O8. The maximum absolute atomic E-state index is 10.1. The van der Waals surface area contributed by atoms with Gasteiger partial charge in [-0.05, 0) is 0 Å². The monoisotopic (exact) mass is 342 g/mol. The van der Waals surface area contributed by atoms with E-state index in [1.54, 1.807) is 12.2 Å². The lowest BCUT2D eigenvalue weighted by molar-refractivity contribution is -0.161. The first kappa shape index (κ1) is 16.6. The number of aliphatic hydroxyl groups is 2. The molecule has 24 heavy (non-hydrogen) atoms. The Bertz CT molecular complexity index is 442. The Kier molecular flexibility index (Phi) is 4.98. The summed E-state index contributed by atoms with van der Waals surface area (Å²) in [6.45, 7) is 1.20. The van der Waals surface area contributed by atoms with Gasteiger partial charge in [0, 0.05) is 0 Å². The van der Waals surface area contributed by atoms with Crippen molar-refractivity contribution in [2.75, 3.05) is 26.8 Å². The molecule has 134 valence electrons. The third-order valence-electron chi connectivity index (χ3n) is 4.50. The van der Waals surface area contributed by atoms with Crippen molar-refractivity contribution in [2.24, 2.45) is 0 Å². The largest absolute Gasteiger partial charge is 0.387 e. The van der Waals surface area contributed by atoms with Crippen molar-refractivity contribution in [3.05, 3.63) is 24.3 Å². The van der Waals surface area contributed by atoms with E-state index in [1.165, 1.54) is 0 Å². The van der Waals surface area contributed by atoms with Crippen LogP contribution in [0, 0.1) is 0 Å². The van der Waals surface area contributed by atoms with Crippen molar-refractivity contribution in [1.29, 1.82) is 0 Å². The molecule has 0 aromatic carbocycles. The fourth-order valence-corrected chi connectivity index (χ4v) is 2.82. The Balaban J connectivity index is 1.37. The minimum absolute atomic E-state index is 0.0443. The van der Waals surface area contributed by atoms with E-state index in [2.05, 4.69) is 0 Å². The molecule has 0 radical (unpaired) electrons. The zero-order valence-electron chi connectivity index (χ0n) is 13.1. The van der Waals surface area contributed by atoms with Gasteiger partial charge in [-0.1, -0.05) is 24.3 Å². The van der Waals surface area contributed by atoms with Crippen molar-refractivity contribution >= 4 is 0 Å². The molecule has 0 saturated carbocycles. The molecule has 0 amide bonds. The lowest BCUT2D eigenvalue weighted by atomic mass is 10.1. The number of hydrogen-bond donors (Lipinski definition) is 2. The predicted octanol–water partition coefficient (Wildman–Crippen LogP) is -0.899. The summed E-state index contributed by atoms with van der Waals surface area (Å²) in [5.74, 6) is 0. The Labute approximate surface area is 139 Å². The van der Waals surface area contributed by atoms with Gasteiger partial charge in [-0.3, -0.25) is 0 Å². The highest BCUT2D eigenvalue weighted by atomic mass is 16.7. The molecule has 0 aromatic heterocycles. The van der Waals surface area contributed by atoms with E-state index in [0.29, 0.717) is 13.2 Å². The summed E-state index contributed by atoms with van der Waals surface area (Å²) in [5.41, 5.74) is 0. The molecule has 0 spiro atoms. The van der Waals surface area contributed by atoms with E-state index in [-0.39, 0.29) is 38.0 Å². The number of epoxide rings is 2. The Hall–Kier alpha value is -0.840. The van der Waals surface area contributed by atoms with Crippen LogP contribution in [0.15, 0.2) is 24.3 Å². The molecule has 0 aromatic rings. The molecule has 8 atom stereocenters. The summed E-state index contributed by atoms with van der Waals surface area (Å²) in [7, 11) is 0. The molecule has 2 N–H and O–H groups in total. The first-order chi connectivity index (χ1) is 11.7. The van der Waals surface area contributed by atoms with E-state index in [1.807, 2.05) is 12.2 Å². The highest BCUT2D eigenvalue weighted by molar-refractivity contribution is 5.10. The van der Waals surface area contributed by atoms with Crippen LogP contribution >= 0.6 is 0 Å². The van der Waals surface area contributed by atoms with Gasteiger partial charge in [0.15, 0.2) is 0 Å². The number of ether oxygens (including phenoxy) is 6. The lowest BCUT2D eigenvalue weighted by Gasteiger charge is -2.20. The van der Waals surface area contributed by atoms with Crippen LogP contribution in [0.5, 0.6) is 0 Å². The van der Waals surface area contributed by atoms with E-state index >= 15 is 0 Å². The van der Waals surface area contributed by atoms with Gasteiger partial charge in [-0.2, -0.15) is 0 Å². The third-order valence-corrected chi connectivity index (χ3v) is 4.50. The van der Waals surface area contributed by atoms with Gasteiger partial charge in [0.25, 0.3) is 0 Å². The van der Waals surface area contributed by atoms with Crippen molar-refractivity contribution in [2.45, 2.75) is 48.8 Å². The van der Waals surface area contributed by atoms with Crippen molar-refractivity contribution in [1.82, 2.24) is 0 Å². The SMILES string of the molecule is O[C@@H]([C@H]1C=C[C@H]([C@H]2C=C[C@H]([C@H](O)[C@H]3CO3)OCO2)OCO1)[C@H]1CO1. The third kappa shape index (κ3) is 3.87. The van der Waals surface area contributed by atoms with Crippen LogP contribution in [0.1, 0.15) is 0 Å². The summed E-state index contributed by atoms with van der Waals surface area (Å²) in [5, 5.41) is 20.1. The number of hydrogen-bond acceptors (Lipinski definition) is 8. The van der Waals surface area contributed by atoms with Crippen molar-refractivity contribution in [3.63, 3.8) is 0 Å². The van der Waals surface area contributed by atoms with Gasteiger partial charge in [0.1, 0.15) is 62.4 Å². The van der Waals surface area contributed by atoms with Gasteiger partial charge in [-0.25, -0.2) is 0 Å². The molecule has 0 aliphatic carbocycles.